The molecule has 0 aliphatic rings. The molecule has 1 aromatic rings. The normalized spacial score (nSPS) is 14.1. The second-order valence-electron chi connectivity index (χ2n) is 4.78. The maximum absolute atomic E-state index is 10.0. The maximum Gasteiger partial charge on any atom is 0.0917 e. The molecule has 0 saturated carbocycles. The summed E-state index contributed by atoms with van der Waals surface area (Å²) in [6, 6.07) is 9.57. The number of hydrogen-bond donors (Lipinski definition) is 2. The van der Waals surface area contributed by atoms with Crippen molar-refractivity contribution in [2.24, 2.45) is 0 Å². The monoisotopic (exact) mass is 223 g/mol. The first-order valence-electron chi connectivity index (χ1n) is 5.52. The molecular weight excluding hydrogens is 202 g/mol. The number of benzene rings is 1. The summed E-state index contributed by atoms with van der Waals surface area (Å²) in [6.07, 6.45) is -0.517. The van der Waals surface area contributed by atoms with Gasteiger partial charge in [0.25, 0.3) is 0 Å². The molecule has 0 aliphatic heterocycles. The summed E-state index contributed by atoms with van der Waals surface area (Å²) in [5.41, 5.74) is 0.596. The molecule has 0 spiro atoms. The summed E-state index contributed by atoms with van der Waals surface area (Å²) in [4.78, 5) is 1.96. The van der Waals surface area contributed by atoms with Gasteiger partial charge in [0.1, 0.15) is 0 Å². The van der Waals surface area contributed by atoms with Gasteiger partial charge >= 0.3 is 0 Å². The molecule has 0 unspecified atom stereocenters. The van der Waals surface area contributed by atoms with Gasteiger partial charge in [0.15, 0.2) is 0 Å². The fourth-order valence-corrected chi connectivity index (χ4v) is 1.41. The van der Waals surface area contributed by atoms with Crippen LogP contribution in [-0.2, 0) is 0 Å². The highest BCUT2D eigenvalue weighted by Crippen LogP contribution is 2.18. The van der Waals surface area contributed by atoms with Gasteiger partial charge in [-0.15, -0.1) is 0 Å². The molecule has 1 atom stereocenters. The Balaban J connectivity index is 2.62. The van der Waals surface area contributed by atoms with E-state index in [2.05, 4.69) is 0 Å². The number of rotatable bonds is 5. The molecule has 0 bridgehead atoms. The van der Waals surface area contributed by atoms with Crippen LogP contribution in [0.15, 0.2) is 30.3 Å². The van der Waals surface area contributed by atoms with Crippen LogP contribution < -0.4 is 0 Å². The van der Waals surface area contributed by atoms with Crippen molar-refractivity contribution in [2.45, 2.75) is 25.5 Å². The lowest BCUT2D eigenvalue weighted by Gasteiger charge is -2.35. The van der Waals surface area contributed by atoms with Crippen LogP contribution in [0.25, 0.3) is 0 Å². The predicted molar refractivity (Wildman–Crippen MR) is 65.2 cm³/mol. The van der Waals surface area contributed by atoms with Crippen molar-refractivity contribution in [3.63, 3.8) is 0 Å². The average Bonchev–Trinajstić information content (AvgIpc) is 2.30. The van der Waals surface area contributed by atoms with Crippen molar-refractivity contribution in [2.75, 3.05) is 20.2 Å². The van der Waals surface area contributed by atoms with Crippen molar-refractivity contribution < 1.29 is 10.2 Å². The Hall–Kier alpha value is -0.900. The summed E-state index contributed by atoms with van der Waals surface area (Å²) in [5.74, 6) is 0. The van der Waals surface area contributed by atoms with E-state index in [-0.39, 0.29) is 12.1 Å². The molecule has 3 nitrogen and oxygen atoms in total. The summed E-state index contributed by atoms with van der Waals surface area (Å²) in [6.45, 7) is 4.48. The quantitative estimate of drug-likeness (QED) is 0.793. The van der Waals surface area contributed by atoms with E-state index in [1.807, 2.05) is 56.1 Å². The minimum absolute atomic E-state index is 0.0744. The van der Waals surface area contributed by atoms with Gasteiger partial charge in [-0.25, -0.2) is 0 Å². The van der Waals surface area contributed by atoms with E-state index < -0.39 is 6.10 Å². The Morgan fingerprint density at radius 3 is 2.31 bits per heavy atom. The van der Waals surface area contributed by atoms with E-state index in [1.54, 1.807) is 0 Å². The molecular formula is C13H21NO2. The third kappa shape index (κ3) is 3.30. The van der Waals surface area contributed by atoms with Crippen LogP contribution in [0, 0.1) is 0 Å². The minimum atomic E-state index is -0.517. The Morgan fingerprint density at radius 2 is 1.81 bits per heavy atom. The molecule has 0 aromatic heterocycles. The third-order valence-electron chi connectivity index (χ3n) is 3.05. The molecule has 0 aliphatic carbocycles. The van der Waals surface area contributed by atoms with E-state index in [9.17, 15) is 10.2 Å². The van der Waals surface area contributed by atoms with Gasteiger partial charge in [-0.05, 0) is 26.5 Å². The molecule has 16 heavy (non-hydrogen) atoms. The van der Waals surface area contributed by atoms with E-state index in [4.69, 9.17) is 0 Å². The minimum Gasteiger partial charge on any atom is -0.394 e. The summed E-state index contributed by atoms with van der Waals surface area (Å²) >= 11 is 0. The van der Waals surface area contributed by atoms with Gasteiger partial charge in [-0.3, -0.25) is 4.90 Å². The van der Waals surface area contributed by atoms with Gasteiger partial charge in [0, 0.05) is 12.1 Å². The van der Waals surface area contributed by atoms with Gasteiger partial charge < -0.3 is 10.2 Å². The van der Waals surface area contributed by atoms with Crippen LogP contribution in [0.1, 0.15) is 25.5 Å². The topological polar surface area (TPSA) is 43.7 Å². The lowest BCUT2D eigenvalue weighted by atomic mass is 10.0. The number of hydrogen-bond acceptors (Lipinski definition) is 3. The number of likely N-dealkylation sites (N-methyl/N-ethyl adjacent to an activating group) is 1. The zero-order valence-corrected chi connectivity index (χ0v) is 10.2. The van der Waals surface area contributed by atoms with Crippen molar-refractivity contribution in [1.29, 1.82) is 0 Å². The highest BCUT2D eigenvalue weighted by atomic mass is 16.3. The number of nitrogens with zero attached hydrogens (tertiary/aromatic N) is 1. The van der Waals surface area contributed by atoms with Gasteiger partial charge in [0.05, 0.1) is 12.7 Å². The van der Waals surface area contributed by atoms with Crippen molar-refractivity contribution in [1.82, 2.24) is 4.90 Å². The molecule has 3 heteroatoms. The van der Waals surface area contributed by atoms with Crippen molar-refractivity contribution in [3.05, 3.63) is 35.9 Å². The van der Waals surface area contributed by atoms with E-state index >= 15 is 0 Å². The molecule has 1 aromatic carbocycles. The van der Waals surface area contributed by atoms with Crippen molar-refractivity contribution >= 4 is 0 Å². The predicted octanol–water partition coefficient (Wildman–Crippen LogP) is 1.42. The molecule has 0 fully saturated rings. The second-order valence-corrected chi connectivity index (χ2v) is 4.78. The fraction of sp³-hybridized carbons (Fsp3) is 0.538. The molecule has 0 saturated heterocycles. The highest BCUT2D eigenvalue weighted by molar-refractivity contribution is 5.17. The molecule has 0 amide bonds. The van der Waals surface area contributed by atoms with Crippen molar-refractivity contribution in [3.8, 4) is 0 Å². The lowest BCUT2D eigenvalue weighted by Crippen LogP contribution is -2.46. The zero-order valence-electron chi connectivity index (χ0n) is 10.2. The first-order chi connectivity index (χ1) is 7.47. The van der Waals surface area contributed by atoms with Crippen LogP contribution in [0.4, 0.5) is 0 Å². The van der Waals surface area contributed by atoms with Crippen LogP contribution in [0.3, 0.4) is 0 Å². The number of aliphatic hydroxyl groups excluding tert-OH is 2. The summed E-state index contributed by atoms with van der Waals surface area (Å²) in [5, 5.41) is 19.3. The molecule has 2 N–H and O–H groups in total. The van der Waals surface area contributed by atoms with Crippen LogP contribution in [0.5, 0.6) is 0 Å². The van der Waals surface area contributed by atoms with E-state index in [1.165, 1.54) is 0 Å². The summed E-state index contributed by atoms with van der Waals surface area (Å²) < 4.78 is 0. The maximum atomic E-state index is 10.0. The average molecular weight is 223 g/mol. The SMILES string of the molecule is CN(C[C@@H](O)c1ccccc1)C(C)(C)CO. The Kier molecular flexibility index (Phi) is 4.47. The number of β-amino-alcohol motifs (C(OH)–C–C–N with tert-alkyl or cyclic N) is 1. The lowest BCUT2D eigenvalue weighted by molar-refractivity contribution is 0.0360. The first kappa shape index (κ1) is 13.2. The van der Waals surface area contributed by atoms with E-state index in [0.717, 1.165) is 5.56 Å². The van der Waals surface area contributed by atoms with Gasteiger partial charge in [-0.1, -0.05) is 30.3 Å². The van der Waals surface area contributed by atoms with Crippen LogP contribution >= 0.6 is 0 Å². The highest BCUT2D eigenvalue weighted by Gasteiger charge is 2.24. The zero-order chi connectivity index (χ0) is 12.2. The second kappa shape index (κ2) is 5.43. The first-order valence-corrected chi connectivity index (χ1v) is 5.52. The molecule has 0 heterocycles. The Bertz CT molecular complexity index is 311. The Morgan fingerprint density at radius 1 is 1.25 bits per heavy atom. The standard InChI is InChI=1S/C13H21NO2/c1-13(2,10-15)14(3)9-12(16)11-7-5-4-6-8-11/h4-8,12,15-16H,9-10H2,1-3H3/t12-/m1/s1. The smallest absolute Gasteiger partial charge is 0.0917 e. The molecule has 0 radical (unpaired) electrons. The van der Waals surface area contributed by atoms with Crippen LogP contribution in [0.2, 0.25) is 0 Å². The molecule has 1 rings (SSSR count). The van der Waals surface area contributed by atoms with E-state index in [0.29, 0.717) is 6.54 Å². The van der Waals surface area contributed by atoms with Gasteiger partial charge in [0.2, 0.25) is 0 Å². The van der Waals surface area contributed by atoms with Gasteiger partial charge in [-0.2, -0.15) is 0 Å². The summed E-state index contributed by atoms with van der Waals surface area (Å²) in [7, 11) is 1.91. The fourth-order valence-electron chi connectivity index (χ4n) is 1.41. The molecule has 90 valence electrons. The third-order valence-corrected chi connectivity index (χ3v) is 3.05. The Labute approximate surface area is 97.3 Å². The van der Waals surface area contributed by atoms with Crippen LogP contribution in [-0.4, -0.2) is 40.9 Å². The largest absolute Gasteiger partial charge is 0.394 e. The number of aliphatic hydroxyl groups is 2.